The molecule has 0 fully saturated rings. The Labute approximate surface area is 186 Å². The zero-order valence-electron chi connectivity index (χ0n) is 19.5. The van der Waals surface area contributed by atoms with Gasteiger partial charge in [0, 0.05) is 21.4 Å². The SMILES string of the molecule is CCOC(=O)c1c(NC(=O)Cn2nnnc2C(C)(C)C)sc2c1CC(C)(C)NC2(C)C. The summed E-state index contributed by atoms with van der Waals surface area (Å²) in [6.07, 6.45) is 0.660. The minimum Gasteiger partial charge on any atom is -0.462 e. The lowest BCUT2D eigenvalue weighted by Gasteiger charge is -2.42. The zero-order valence-corrected chi connectivity index (χ0v) is 20.4. The molecule has 2 aromatic rings. The molecule has 1 aliphatic rings. The molecule has 0 bridgehead atoms. The van der Waals surface area contributed by atoms with Crippen molar-refractivity contribution in [1.29, 1.82) is 0 Å². The third-order valence-electron chi connectivity index (χ3n) is 5.07. The topological polar surface area (TPSA) is 111 Å². The van der Waals surface area contributed by atoms with E-state index in [2.05, 4.69) is 53.9 Å². The monoisotopic (exact) mass is 448 g/mol. The van der Waals surface area contributed by atoms with Gasteiger partial charge in [-0.05, 0) is 57.0 Å². The van der Waals surface area contributed by atoms with Gasteiger partial charge in [0.2, 0.25) is 5.91 Å². The summed E-state index contributed by atoms with van der Waals surface area (Å²) in [6.45, 7) is 16.3. The summed E-state index contributed by atoms with van der Waals surface area (Å²) in [4.78, 5) is 26.8. The van der Waals surface area contributed by atoms with Crippen LogP contribution >= 0.6 is 11.3 Å². The third kappa shape index (κ3) is 4.79. The number of aromatic nitrogens is 4. The third-order valence-corrected chi connectivity index (χ3v) is 6.54. The Morgan fingerprint density at radius 2 is 1.94 bits per heavy atom. The van der Waals surface area contributed by atoms with Crippen LogP contribution in [0, 0.1) is 0 Å². The van der Waals surface area contributed by atoms with Crippen molar-refractivity contribution in [2.24, 2.45) is 0 Å². The Bertz CT molecular complexity index is 999. The van der Waals surface area contributed by atoms with Gasteiger partial charge in [-0.25, -0.2) is 9.48 Å². The van der Waals surface area contributed by atoms with Gasteiger partial charge in [0.25, 0.3) is 0 Å². The van der Waals surface area contributed by atoms with Crippen molar-refractivity contribution in [3.63, 3.8) is 0 Å². The highest BCUT2D eigenvalue weighted by Gasteiger charge is 2.42. The molecule has 0 atom stereocenters. The number of carbonyl (C=O) groups is 2. The number of fused-ring (bicyclic) bond motifs is 1. The molecule has 3 rings (SSSR count). The van der Waals surface area contributed by atoms with Gasteiger partial charge in [-0.15, -0.1) is 16.4 Å². The number of carbonyl (C=O) groups excluding carboxylic acids is 2. The van der Waals surface area contributed by atoms with Gasteiger partial charge in [0.05, 0.1) is 12.2 Å². The van der Waals surface area contributed by atoms with Crippen LogP contribution in [-0.2, 0) is 33.5 Å². The van der Waals surface area contributed by atoms with E-state index in [1.807, 2.05) is 20.8 Å². The summed E-state index contributed by atoms with van der Waals surface area (Å²) in [5.41, 5.74) is 0.536. The summed E-state index contributed by atoms with van der Waals surface area (Å²) < 4.78 is 6.83. The Morgan fingerprint density at radius 1 is 1.26 bits per heavy atom. The van der Waals surface area contributed by atoms with Crippen molar-refractivity contribution in [2.45, 2.75) is 84.8 Å². The van der Waals surface area contributed by atoms with Gasteiger partial charge in [-0.3, -0.25) is 4.79 Å². The summed E-state index contributed by atoms with van der Waals surface area (Å²) >= 11 is 1.42. The van der Waals surface area contributed by atoms with Gasteiger partial charge in [0.1, 0.15) is 11.5 Å². The van der Waals surface area contributed by atoms with Gasteiger partial charge in [-0.2, -0.15) is 0 Å². The molecular weight excluding hydrogens is 416 g/mol. The van der Waals surface area contributed by atoms with E-state index in [-0.39, 0.29) is 35.6 Å². The fourth-order valence-electron chi connectivity index (χ4n) is 4.19. The highest BCUT2D eigenvalue weighted by molar-refractivity contribution is 7.17. The average Bonchev–Trinajstić information content (AvgIpc) is 3.18. The van der Waals surface area contributed by atoms with E-state index in [0.29, 0.717) is 22.8 Å². The van der Waals surface area contributed by atoms with E-state index < -0.39 is 5.97 Å². The van der Waals surface area contributed by atoms with Crippen molar-refractivity contribution < 1.29 is 14.3 Å². The Kier molecular flexibility index (Phi) is 6.01. The summed E-state index contributed by atoms with van der Waals surface area (Å²) in [6, 6.07) is 0. The Morgan fingerprint density at radius 3 is 2.55 bits per heavy atom. The molecule has 2 aromatic heterocycles. The number of nitrogens with zero attached hydrogens (tertiary/aromatic N) is 4. The molecule has 170 valence electrons. The minimum atomic E-state index is -0.415. The van der Waals surface area contributed by atoms with Crippen LogP contribution in [-0.4, -0.2) is 44.2 Å². The van der Waals surface area contributed by atoms with Crippen molar-refractivity contribution in [1.82, 2.24) is 25.5 Å². The molecule has 0 unspecified atom stereocenters. The fourth-order valence-corrected chi connectivity index (χ4v) is 5.47. The standard InChI is InChI=1S/C21H32N6O3S/c1-9-30-17(29)14-12-10-20(5,6)24-21(7,8)15(12)31-16(14)22-13(28)11-27-18(19(2,3)4)23-25-26-27/h24H,9-11H2,1-8H3,(H,22,28). The largest absolute Gasteiger partial charge is 0.462 e. The van der Waals surface area contributed by atoms with E-state index in [1.54, 1.807) is 6.92 Å². The van der Waals surface area contributed by atoms with E-state index in [4.69, 9.17) is 4.74 Å². The van der Waals surface area contributed by atoms with Crippen molar-refractivity contribution in [3.05, 3.63) is 21.8 Å². The number of ether oxygens (including phenoxy) is 1. The second-order valence-electron chi connectivity index (χ2n) is 10.1. The molecule has 0 spiro atoms. The van der Waals surface area contributed by atoms with Crippen LogP contribution in [0.5, 0.6) is 0 Å². The minimum absolute atomic E-state index is 0.0441. The van der Waals surface area contributed by atoms with Gasteiger partial charge in [-0.1, -0.05) is 20.8 Å². The second kappa shape index (κ2) is 7.98. The van der Waals surface area contributed by atoms with Crippen LogP contribution in [0.3, 0.4) is 0 Å². The number of anilines is 1. The molecule has 2 N–H and O–H groups in total. The molecule has 0 saturated carbocycles. The number of amides is 1. The van der Waals surface area contributed by atoms with E-state index in [9.17, 15) is 9.59 Å². The van der Waals surface area contributed by atoms with Gasteiger partial charge < -0.3 is 15.4 Å². The Hall–Kier alpha value is -2.33. The maximum absolute atomic E-state index is 12.9. The number of hydrogen-bond donors (Lipinski definition) is 2. The molecule has 3 heterocycles. The maximum Gasteiger partial charge on any atom is 0.341 e. The van der Waals surface area contributed by atoms with Gasteiger partial charge >= 0.3 is 5.97 Å². The fraction of sp³-hybridized carbons (Fsp3) is 0.667. The first-order valence-corrected chi connectivity index (χ1v) is 11.3. The smallest absolute Gasteiger partial charge is 0.341 e. The number of thiophene rings is 1. The first-order valence-electron chi connectivity index (χ1n) is 10.4. The van der Waals surface area contributed by atoms with Crippen LogP contribution in [0.15, 0.2) is 0 Å². The number of esters is 1. The summed E-state index contributed by atoms with van der Waals surface area (Å²) in [5, 5.41) is 18.8. The quantitative estimate of drug-likeness (QED) is 0.676. The molecule has 0 saturated heterocycles. The zero-order chi connectivity index (χ0) is 23.2. The molecule has 31 heavy (non-hydrogen) atoms. The average molecular weight is 449 g/mol. The number of hydrogen-bond acceptors (Lipinski definition) is 8. The molecule has 9 nitrogen and oxygen atoms in total. The van der Waals surface area contributed by atoms with E-state index in [0.717, 1.165) is 10.4 Å². The van der Waals surface area contributed by atoms with Crippen LogP contribution in [0.25, 0.3) is 0 Å². The molecule has 0 aromatic carbocycles. The maximum atomic E-state index is 12.9. The van der Waals surface area contributed by atoms with E-state index in [1.165, 1.54) is 16.0 Å². The molecule has 0 aliphatic carbocycles. The molecular formula is C21H32N6O3S. The predicted molar refractivity (Wildman–Crippen MR) is 119 cm³/mol. The summed E-state index contributed by atoms with van der Waals surface area (Å²) in [7, 11) is 0. The normalized spacial score (nSPS) is 17.2. The van der Waals surface area contributed by atoms with Crippen molar-refractivity contribution in [2.75, 3.05) is 11.9 Å². The highest BCUT2D eigenvalue weighted by atomic mass is 32.1. The number of tetrazole rings is 1. The highest BCUT2D eigenvalue weighted by Crippen LogP contribution is 2.45. The van der Waals surface area contributed by atoms with Crippen LogP contribution in [0.4, 0.5) is 5.00 Å². The Balaban J connectivity index is 1.96. The molecule has 1 aliphatic heterocycles. The molecule has 0 radical (unpaired) electrons. The molecule has 1 amide bonds. The number of rotatable bonds is 5. The first kappa shape index (κ1) is 23.3. The van der Waals surface area contributed by atoms with Crippen LogP contribution < -0.4 is 10.6 Å². The van der Waals surface area contributed by atoms with Crippen LogP contribution in [0.2, 0.25) is 0 Å². The lowest BCUT2D eigenvalue weighted by Crippen LogP contribution is -2.55. The lowest BCUT2D eigenvalue weighted by atomic mass is 9.81. The van der Waals surface area contributed by atoms with Gasteiger partial charge in [0.15, 0.2) is 5.82 Å². The predicted octanol–water partition coefficient (Wildman–Crippen LogP) is 3.01. The molecule has 10 heteroatoms. The first-order chi connectivity index (χ1) is 14.2. The summed E-state index contributed by atoms with van der Waals surface area (Å²) in [5.74, 6) is -0.0978. The van der Waals surface area contributed by atoms with Crippen molar-refractivity contribution >= 4 is 28.2 Å². The second-order valence-corrected chi connectivity index (χ2v) is 11.1. The van der Waals surface area contributed by atoms with Crippen molar-refractivity contribution in [3.8, 4) is 0 Å². The lowest BCUT2D eigenvalue weighted by molar-refractivity contribution is -0.117. The number of nitrogens with one attached hydrogen (secondary N) is 2. The van der Waals surface area contributed by atoms with Crippen LogP contribution in [0.1, 0.15) is 82.0 Å². The van der Waals surface area contributed by atoms with E-state index >= 15 is 0 Å².